The summed E-state index contributed by atoms with van der Waals surface area (Å²) in [6.07, 6.45) is 3.16. The molecule has 158 valence electrons. The first kappa shape index (κ1) is 23.7. The number of carbonyl (C=O) groups excluding carboxylic acids is 1. The molecule has 9 heteroatoms. The lowest BCUT2D eigenvalue weighted by Crippen LogP contribution is -2.19. The van der Waals surface area contributed by atoms with Gasteiger partial charge in [-0.3, -0.25) is 0 Å². The number of carbonyl (C=O) groups is 1. The predicted molar refractivity (Wildman–Crippen MR) is 120 cm³/mol. The van der Waals surface area contributed by atoms with Crippen LogP contribution in [-0.2, 0) is 25.8 Å². The van der Waals surface area contributed by atoms with Crippen LogP contribution in [0.25, 0.3) is 5.57 Å². The molecule has 0 aliphatic rings. The van der Waals surface area contributed by atoms with Gasteiger partial charge in [0.05, 0.1) is 23.4 Å². The highest BCUT2D eigenvalue weighted by atomic mass is 35.5. The molecule has 0 aliphatic carbocycles. The van der Waals surface area contributed by atoms with E-state index in [0.29, 0.717) is 31.8 Å². The van der Waals surface area contributed by atoms with Crippen molar-refractivity contribution in [3.8, 4) is 0 Å². The highest BCUT2D eigenvalue weighted by Gasteiger charge is 2.19. The normalized spacial score (nSPS) is 12.2. The fourth-order valence-corrected chi connectivity index (χ4v) is 3.35. The van der Waals surface area contributed by atoms with Crippen molar-refractivity contribution in [2.24, 2.45) is 10.3 Å². The number of ether oxygens (including phenoxy) is 1. The lowest BCUT2D eigenvalue weighted by atomic mass is 10.0. The maximum Gasteiger partial charge on any atom is 0.360 e. The topological polar surface area (TPSA) is 69.5 Å². The van der Waals surface area contributed by atoms with Crippen LogP contribution in [0.3, 0.4) is 0 Å². The molecular weight excluding hydrogens is 451 g/mol. The van der Waals surface area contributed by atoms with Crippen LogP contribution in [-0.4, -0.2) is 32.1 Å². The molecule has 0 N–H and O–H groups in total. The van der Waals surface area contributed by atoms with Gasteiger partial charge in [0.1, 0.15) is 13.7 Å². The predicted octanol–water partition coefficient (Wildman–Crippen LogP) is 5.78. The van der Waals surface area contributed by atoms with E-state index in [1.807, 2.05) is 6.92 Å². The van der Waals surface area contributed by atoms with Crippen LogP contribution >= 0.6 is 34.8 Å². The van der Waals surface area contributed by atoms with Gasteiger partial charge in [0.25, 0.3) is 0 Å². The Morgan fingerprint density at radius 1 is 1.07 bits per heavy atom. The third kappa shape index (κ3) is 5.98. The van der Waals surface area contributed by atoms with E-state index in [4.69, 9.17) is 49.2 Å². The average Bonchev–Trinajstić information content (AvgIpc) is 2.74. The van der Waals surface area contributed by atoms with Crippen LogP contribution < -0.4 is 0 Å². The summed E-state index contributed by atoms with van der Waals surface area (Å²) in [7, 11) is 2.61. The summed E-state index contributed by atoms with van der Waals surface area (Å²) >= 11 is 18.5. The SMILES string of the molecule is CON=C(C(=O)OC)c1ccccc1CON=C/C=C(\C)c1c(Cl)ccc(Cl)c1Cl. The van der Waals surface area contributed by atoms with E-state index in [1.165, 1.54) is 20.4 Å². The van der Waals surface area contributed by atoms with Crippen LogP contribution in [0.4, 0.5) is 0 Å². The standard InChI is InChI=1S/C21H19Cl3N2O4/c1-13(18-16(22)8-9-17(23)19(18)24)10-11-25-30-12-14-6-4-5-7-15(14)20(26-29-3)21(27)28-2/h4-11H,12H2,1-3H3/b13-10+,25-11?,26-20?. The molecule has 0 aromatic heterocycles. The van der Waals surface area contributed by atoms with Crippen LogP contribution in [0, 0.1) is 0 Å². The summed E-state index contributed by atoms with van der Waals surface area (Å²) in [5.74, 6) is -0.623. The molecule has 2 rings (SSSR count). The van der Waals surface area contributed by atoms with E-state index in [1.54, 1.807) is 42.5 Å². The molecule has 0 atom stereocenters. The minimum absolute atomic E-state index is 0.0316. The number of allylic oxidation sites excluding steroid dienone is 2. The molecule has 0 fully saturated rings. The number of esters is 1. The van der Waals surface area contributed by atoms with Gasteiger partial charge in [-0.15, -0.1) is 0 Å². The number of methoxy groups -OCH3 is 1. The molecule has 0 unspecified atom stereocenters. The van der Waals surface area contributed by atoms with Crippen molar-refractivity contribution in [1.29, 1.82) is 0 Å². The van der Waals surface area contributed by atoms with E-state index < -0.39 is 5.97 Å². The van der Waals surface area contributed by atoms with E-state index in [9.17, 15) is 4.79 Å². The Morgan fingerprint density at radius 3 is 2.47 bits per heavy atom. The molecule has 0 spiro atoms. The zero-order chi connectivity index (χ0) is 22.1. The van der Waals surface area contributed by atoms with Gasteiger partial charge in [-0.05, 0) is 30.7 Å². The number of benzene rings is 2. The molecule has 30 heavy (non-hydrogen) atoms. The van der Waals surface area contributed by atoms with E-state index in [-0.39, 0.29) is 12.3 Å². The molecule has 6 nitrogen and oxygen atoms in total. The lowest BCUT2D eigenvalue weighted by Gasteiger charge is -2.09. The summed E-state index contributed by atoms with van der Waals surface area (Å²) in [6, 6.07) is 10.4. The molecule has 0 aliphatic heterocycles. The Labute approximate surface area is 189 Å². The third-order valence-electron chi connectivity index (χ3n) is 3.95. The Kier molecular flexibility index (Phi) is 9.17. The smallest absolute Gasteiger partial charge is 0.360 e. The second-order valence-electron chi connectivity index (χ2n) is 5.87. The minimum atomic E-state index is -0.623. The fraction of sp³-hybridized carbons (Fsp3) is 0.190. The Balaban J connectivity index is 2.14. The van der Waals surface area contributed by atoms with E-state index >= 15 is 0 Å². The average molecular weight is 470 g/mol. The second kappa shape index (κ2) is 11.6. The molecule has 0 radical (unpaired) electrons. The Morgan fingerprint density at radius 2 is 1.77 bits per heavy atom. The van der Waals surface area contributed by atoms with Crippen molar-refractivity contribution in [3.05, 3.63) is 74.2 Å². The van der Waals surface area contributed by atoms with Gasteiger partial charge < -0.3 is 14.4 Å². The summed E-state index contributed by atoms with van der Waals surface area (Å²) in [6.45, 7) is 1.92. The van der Waals surface area contributed by atoms with Crippen molar-refractivity contribution >= 4 is 58.3 Å². The quantitative estimate of drug-likeness (QED) is 0.213. The van der Waals surface area contributed by atoms with Gasteiger partial charge in [0.15, 0.2) is 5.71 Å². The molecule has 2 aromatic carbocycles. The number of nitrogens with zero attached hydrogens (tertiary/aromatic N) is 2. The largest absolute Gasteiger partial charge is 0.464 e. The molecule has 0 amide bonds. The first-order chi connectivity index (χ1) is 14.4. The molecule has 0 saturated heterocycles. The van der Waals surface area contributed by atoms with Crippen molar-refractivity contribution in [2.75, 3.05) is 14.2 Å². The lowest BCUT2D eigenvalue weighted by molar-refractivity contribution is -0.132. The van der Waals surface area contributed by atoms with Crippen molar-refractivity contribution in [1.82, 2.24) is 0 Å². The number of halogens is 3. The Hall–Kier alpha value is -2.54. The summed E-state index contributed by atoms with van der Waals surface area (Å²) in [4.78, 5) is 22.1. The van der Waals surface area contributed by atoms with Crippen LogP contribution in [0.5, 0.6) is 0 Å². The molecule has 0 heterocycles. The summed E-state index contributed by atoms with van der Waals surface area (Å²) in [5.41, 5.74) is 2.62. The van der Waals surface area contributed by atoms with Crippen molar-refractivity contribution < 1.29 is 19.2 Å². The van der Waals surface area contributed by atoms with Crippen molar-refractivity contribution in [2.45, 2.75) is 13.5 Å². The van der Waals surface area contributed by atoms with Crippen LogP contribution in [0.1, 0.15) is 23.6 Å². The van der Waals surface area contributed by atoms with E-state index in [2.05, 4.69) is 10.3 Å². The number of rotatable bonds is 8. The van der Waals surface area contributed by atoms with Crippen LogP contribution in [0.15, 0.2) is 52.8 Å². The van der Waals surface area contributed by atoms with Gasteiger partial charge in [-0.2, -0.15) is 0 Å². The molecular formula is C21H19Cl3N2O4. The number of oxime groups is 2. The molecule has 2 aromatic rings. The summed E-state index contributed by atoms with van der Waals surface area (Å²) in [5, 5.41) is 8.93. The van der Waals surface area contributed by atoms with Gasteiger partial charge in [0.2, 0.25) is 0 Å². The zero-order valence-corrected chi connectivity index (χ0v) is 18.8. The highest BCUT2D eigenvalue weighted by molar-refractivity contribution is 6.45. The van der Waals surface area contributed by atoms with Crippen LogP contribution in [0.2, 0.25) is 15.1 Å². The zero-order valence-electron chi connectivity index (χ0n) is 16.5. The molecule has 0 bridgehead atoms. The Bertz CT molecular complexity index is 1000. The fourth-order valence-electron chi connectivity index (χ4n) is 2.53. The first-order valence-electron chi connectivity index (χ1n) is 8.64. The highest BCUT2D eigenvalue weighted by Crippen LogP contribution is 2.35. The maximum atomic E-state index is 12.0. The van der Waals surface area contributed by atoms with Gasteiger partial charge in [-0.25, -0.2) is 4.79 Å². The minimum Gasteiger partial charge on any atom is -0.464 e. The monoisotopic (exact) mass is 468 g/mol. The number of hydrogen-bond acceptors (Lipinski definition) is 6. The van der Waals surface area contributed by atoms with Gasteiger partial charge in [0, 0.05) is 21.7 Å². The number of hydrogen-bond donors (Lipinski definition) is 0. The van der Waals surface area contributed by atoms with Gasteiger partial charge >= 0.3 is 5.97 Å². The maximum absolute atomic E-state index is 12.0. The summed E-state index contributed by atoms with van der Waals surface area (Å²) < 4.78 is 4.75. The molecule has 0 saturated carbocycles. The van der Waals surface area contributed by atoms with Gasteiger partial charge in [-0.1, -0.05) is 69.4 Å². The van der Waals surface area contributed by atoms with Crippen molar-refractivity contribution in [3.63, 3.8) is 0 Å². The third-order valence-corrected chi connectivity index (χ3v) is 5.07. The first-order valence-corrected chi connectivity index (χ1v) is 9.77. The second-order valence-corrected chi connectivity index (χ2v) is 7.06. The van der Waals surface area contributed by atoms with E-state index in [0.717, 1.165) is 5.57 Å².